The van der Waals surface area contributed by atoms with Crippen LogP contribution in [0, 0.1) is 0 Å². The first-order valence-electron chi connectivity index (χ1n) is 3.03. The number of aliphatic hydroxyl groups is 1. The third kappa shape index (κ3) is 1.22. The smallest absolute Gasteiger partial charge is 0.154 e. The van der Waals surface area contributed by atoms with Gasteiger partial charge in [-0.3, -0.25) is 0 Å². The van der Waals surface area contributed by atoms with Crippen molar-refractivity contribution >= 4 is 15.9 Å². The summed E-state index contributed by atoms with van der Waals surface area (Å²) < 4.78 is 5.48. The topological polar surface area (TPSA) is 46.3 Å². The minimum Gasteiger partial charge on any atom is -0.391 e. The van der Waals surface area contributed by atoms with Crippen LogP contribution in [0.3, 0.4) is 0 Å². The van der Waals surface area contributed by atoms with Gasteiger partial charge < -0.3 is 9.63 Å². The predicted octanol–water partition coefficient (Wildman–Crippen LogP) is 1.49. The van der Waals surface area contributed by atoms with E-state index in [0.717, 1.165) is 17.7 Å². The Hall–Kier alpha value is -0.350. The Morgan fingerprint density at radius 2 is 2.40 bits per heavy atom. The summed E-state index contributed by atoms with van der Waals surface area (Å²) in [5, 5.41) is 12.4. The van der Waals surface area contributed by atoms with Crippen molar-refractivity contribution < 1.29 is 9.63 Å². The van der Waals surface area contributed by atoms with Crippen LogP contribution in [0.15, 0.2) is 9.13 Å². The molecule has 0 saturated heterocycles. The summed E-state index contributed by atoms with van der Waals surface area (Å²) in [4.78, 5) is 0. The lowest BCUT2D eigenvalue weighted by atomic mass is 10.2. The second kappa shape index (κ2) is 3.16. The number of aryl methyl sites for hydroxylation is 1. The Morgan fingerprint density at radius 1 is 1.70 bits per heavy atom. The van der Waals surface area contributed by atoms with Crippen molar-refractivity contribution in [3.05, 3.63) is 15.9 Å². The zero-order valence-corrected chi connectivity index (χ0v) is 7.18. The number of hydrogen-bond acceptors (Lipinski definition) is 3. The van der Waals surface area contributed by atoms with Crippen LogP contribution in [0.1, 0.15) is 18.2 Å². The van der Waals surface area contributed by atoms with Crippen molar-refractivity contribution in [1.82, 2.24) is 5.16 Å². The molecule has 0 aliphatic rings. The molecule has 0 amide bonds. The molecule has 0 aliphatic carbocycles. The van der Waals surface area contributed by atoms with Crippen LogP contribution in [0.5, 0.6) is 0 Å². The summed E-state index contributed by atoms with van der Waals surface area (Å²) in [7, 11) is 0. The van der Waals surface area contributed by atoms with Gasteiger partial charge in [0.05, 0.1) is 12.2 Å². The van der Waals surface area contributed by atoms with Gasteiger partial charge in [-0.25, -0.2) is 0 Å². The molecule has 0 fully saturated rings. The van der Waals surface area contributed by atoms with Crippen molar-refractivity contribution in [3.63, 3.8) is 0 Å². The molecule has 0 aliphatic heterocycles. The molecule has 0 unspecified atom stereocenters. The summed E-state index contributed by atoms with van der Waals surface area (Å²) in [6, 6.07) is 0. The summed E-state index contributed by atoms with van der Waals surface area (Å²) in [5.74, 6) is 0.745. The molecule has 0 bridgehead atoms. The van der Waals surface area contributed by atoms with E-state index in [0.29, 0.717) is 4.60 Å². The zero-order valence-electron chi connectivity index (χ0n) is 5.59. The Labute approximate surface area is 67.2 Å². The first-order chi connectivity index (χ1) is 4.79. The number of nitrogens with zero attached hydrogens (tertiary/aromatic N) is 1. The highest BCUT2D eigenvalue weighted by molar-refractivity contribution is 9.10. The fraction of sp³-hybridized carbons (Fsp3) is 0.500. The monoisotopic (exact) mass is 205 g/mol. The predicted molar refractivity (Wildman–Crippen MR) is 39.5 cm³/mol. The second-order valence-corrected chi connectivity index (χ2v) is 2.64. The quantitative estimate of drug-likeness (QED) is 0.797. The Kier molecular flexibility index (Phi) is 2.45. The van der Waals surface area contributed by atoms with Gasteiger partial charge >= 0.3 is 0 Å². The number of hydrogen-bond donors (Lipinski definition) is 1. The minimum atomic E-state index is -0.0206. The van der Waals surface area contributed by atoms with Crippen LogP contribution >= 0.6 is 15.9 Å². The lowest BCUT2D eigenvalue weighted by Crippen LogP contribution is -1.86. The lowest BCUT2D eigenvalue weighted by Gasteiger charge is -1.90. The van der Waals surface area contributed by atoms with Gasteiger partial charge in [0, 0.05) is 6.42 Å². The molecule has 1 N–H and O–H groups in total. The molecule has 0 spiro atoms. The van der Waals surface area contributed by atoms with Gasteiger partial charge in [-0.2, -0.15) is 0 Å². The molecule has 0 radical (unpaired) electrons. The molecule has 0 atom stereocenters. The van der Waals surface area contributed by atoms with E-state index in [1.165, 1.54) is 0 Å². The molecule has 10 heavy (non-hydrogen) atoms. The van der Waals surface area contributed by atoms with Crippen molar-refractivity contribution in [2.75, 3.05) is 0 Å². The first-order valence-corrected chi connectivity index (χ1v) is 3.82. The van der Waals surface area contributed by atoms with E-state index in [-0.39, 0.29) is 6.61 Å². The third-order valence-corrected chi connectivity index (χ3v) is 1.92. The zero-order chi connectivity index (χ0) is 7.56. The van der Waals surface area contributed by atoms with Gasteiger partial charge in [-0.1, -0.05) is 12.1 Å². The van der Waals surface area contributed by atoms with Crippen LogP contribution < -0.4 is 0 Å². The molecule has 4 heteroatoms. The average Bonchev–Trinajstić information content (AvgIpc) is 2.30. The molecule has 1 rings (SSSR count). The van der Waals surface area contributed by atoms with Crippen LogP contribution in [-0.4, -0.2) is 10.3 Å². The summed E-state index contributed by atoms with van der Waals surface area (Å²) in [5.41, 5.74) is 0.752. The van der Waals surface area contributed by atoms with Crippen LogP contribution in [0.4, 0.5) is 0 Å². The van der Waals surface area contributed by atoms with Gasteiger partial charge in [0.2, 0.25) is 0 Å². The van der Waals surface area contributed by atoms with E-state index < -0.39 is 0 Å². The molecule has 0 aromatic carbocycles. The summed E-state index contributed by atoms with van der Waals surface area (Å²) in [6.07, 6.45) is 0.758. The van der Waals surface area contributed by atoms with Crippen LogP contribution in [-0.2, 0) is 13.0 Å². The van der Waals surface area contributed by atoms with Crippen LogP contribution in [0.25, 0.3) is 0 Å². The molecular formula is C6H8BrNO2. The Balaban J connectivity index is 3.01. The largest absolute Gasteiger partial charge is 0.391 e. The summed E-state index contributed by atoms with van der Waals surface area (Å²) >= 11 is 3.15. The minimum absolute atomic E-state index is 0.0206. The molecule has 1 aromatic heterocycles. The number of aromatic nitrogens is 1. The van der Waals surface area contributed by atoms with E-state index in [1.807, 2.05) is 6.92 Å². The maximum absolute atomic E-state index is 8.79. The number of aliphatic hydroxyl groups excluding tert-OH is 1. The molecular weight excluding hydrogens is 198 g/mol. The van der Waals surface area contributed by atoms with Crippen LogP contribution in [0.2, 0.25) is 0 Å². The van der Waals surface area contributed by atoms with E-state index >= 15 is 0 Å². The highest BCUT2D eigenvalue weighted by Crippen LogP contribution is 2.19. The highest BCUT2D eigenvalue weighted by Gasteiger charge is 2.09. The maximum atomic E-state index is 8.79. The normalized spacial score (nSPS) is 10.3. The van der Waals surface area contributed by atoms with Gasteiger partial charge in [-0.05, 0) is 15.9 Å². The first kappa shape index (κ1) is 7.75. The second-order valence-electron chi connectivity index (χ2n) is 1.89. The summed E-state index contributed by atoms with van der Waals surface area (Å²) in [6.45, 7) is 1.93. The van der Waals surface area contributed by atoms with Gasteiger partial charge in [0.25, 0.3) is 0 Å². The van der Waals surface area contributed by atoms with Crippen molar-refractivity contribution in [3.8, 4) is 0 Å². The van der Waals surface area contributed by atoms with Crippen molar-refractivity contribution in [2.24, 2.45) is 0 Å². The molecule has 1 aromatic rings. The van der Waals surface area contributed by atoms with Crippen molar-refractivity contribution in [2.45, 2.75) is 20.0 Å². The highest BCUT2D eigenvalue weighted by atomic mass is 79.9. The standard InChI is InChI=1S/C6H8BrNO2/c1-2-5-4(3-9)6(7)8-10-5/h9H,2-3H2,1H3. The van der Waals surface area contributed by atoms with E-state index in [2.05, 4.69) is 21.1 Å². The number of rotatable bonds is 2. The lowest BCUT2D eigenvalue weighted by molar-refractivity contribution is 0.277. The molecule has 3 nitrogen and oxygen atoms in total. The van der Waals surface area contributed by atoms with Gasteiger partial charge in [-0.15, -0.1) is 0 Å². The fourth-order valence-corrected chi connectivity index (χ4v) is 1.17. The maximum Gasteiger partial charge on any atom is 0.154 e. The Morgan fingerprint density at radius 3 is 2.80 bits per heavy atom. The van der Waals surface area contributed by atoms with E-state index in [4.69, 9.17) is 9.63 Å². The van der Waals surface area contributed by atoms with E-state index in [9.17, 15) is 0 Å². The molecule has 1 heterocycles. The van der Waals surface area contributed by atoms with Gasteiger partial charge in [0.15, 0.2) is 4.60 Å². The third-order valence-electron chi connectivity index (χ3n) is 1.30. The SMILES string of the molecule is CCc1onc(Br)c1CO. The fourth-order valence-electron chi connectivity index (χ4n) is 0.752. The molecule has 56 valence electrons. The van der Waals surface area contributed by atoms with Crippen molar-refractivity contribution in [1.29, 1.82) is 0 Å². The van der Waals surface area contributed by atoms with Gasteiger partial charge in [0.1, 0.15) is 5.76 Å². The average molecular weight is 206 g/mol. The van der Waals surface area contributed by atoms with E-state index in [1.54, 1.807) is 0 Å². The Bertz CT molecular complexity index is 222. The number of halogens is 1. The molecule has 0 saturated carbocycles.